The number of amides is 2. The first-order chi connectivity index (χ1) is 14.5. The Morgan fingerprint density at radius 3 is 2.40 bits per heavy atom. The van der Waals surface area contributed by atoms with E-state index >= 15 is 0 Å². The standard InChI is InChI=1S/C22H21BrN2O5/c1-28-17-7-8-18(29-2)15(12-17)13-24-21(26)11-14-3-5-16(6-4-14)25-22(27)19-9-10-20(23)30-19/h3-10,12H,11,13H2,1-2H3,(H,24,26)(H,25,27). The fraction of sp³-hybridized carbons (Fsp3) is 0.182. The summed E-state index contributed by atoms with van der Waals surface area (Å²) in [7, 11) is 3.17. The fourth-order valence-corrected chi connectivity index (χ4v) is 3.10. The van der Waals surface area contributed by atoms with E-state index in [-0.39, 0.29) is 24.0 Å². The highest BCUT2D eigenvalue weighted by Gasteiger charge is 2.11. The number of nitrogens with one attached hydrogen (secondary N) is 2. The number of carbonyl (C=O) groups excluding carboxylic acids is 2. The van der Waals surface area contributed by atoms with Crippen LogP contribution in [0.1, 0.15) is 21.7 Å². The van der Waals surface area contributed by atoms with Crippen molar-refractivity contribution in [1.82, 2.24) is 5.32 Å². The molecular weight excluding hydrogens is 452 g/mol. The molecule has 0 bridgehead atoms. The predicted octanol–water partition coefficient (Wildman–Crippen LogP) is 4.17. The van der Waals surface area contributed by atoms with Crippen LogP contribution in [0.25, 0.3) is 0 Å². The molecule has 30 heavy (non-hydrogen) atoms. The molecule has 0 saturated carbocycles. The Hall–Kier alpha value is -3.26. The van der Waals surface area contributed by atoms with Gasteiger partial charge in [0.25, 0.3) is 5.91 Å². The largest absolute Gasteiger partial charge is 0.497 e. The molecule has 0 aliphatic rings. The molecule has 2 N–H and O–H groups in total. The number of ether oxygens (including phenoxy) is 2. The van der Waals surface area contributed by atoms with Crippen molar-refractivity contribution >= 4 is 33.4 Å². The van der Waals surface area contributed by atoms with Gasteiger partial charge in [-0.3, -0.25) is 9.59 Å². The van der Waals surface area contributed by atoms with E-state index in [1.807, 2.05) is 6.07 Å². The topological polar surface area (TPSA) is 89.8 Å². The normalized spacial score (nSPS) is 10.4. The molecule has 3 rings (SSSR count). The molecule has 7 nitrogen and oxygen atoms in total. The number of halogens is 1. The Balaban J connectivity index is 1.54. The Morgan fingerprint density at radius 1 is 1.00 bits per heavy atom. The van der Waals surface area contributed by atoms with Crippen molar-refractivity contribution in [3.8, 4) is 11.5 Å². The van der Waals surface area contributed by atoms with Gasteiger partial charge in [-0.1, -0.05) is 12.1 Å². The van der Waals surface area contributed by atoms with Gasteiger partial charge in [0, 0.05) is 17.8 Å². The molecule has 1 aromatic heterocycles. The predicted molar refractivity (Wildman–Crippen MR) is 116 cm³/mol. The van der Waals surface area contributed by atoms with Gasteiger partial charge in [0.2, 0.25) is 5.91 Å². The summed E-state index contributed by atoms with van der Waals surface area (Å²) < 4.78 is 16.3. The van der Waals surface area contributed by atoms with E-state index in [2.05, 4.69) is 26.6 Å². The second kappa shape index (κ2) is 9.98. The summed E-state index contributed by atoms with van der Waals surface area (Å²) in [6.45, 7) is 0.325. The monoisotopic (exact) mass is 472 g/mol. The van der Waals surface area contributed by atoms with Crippen molar-refractivity contribution in [2.45, 2.75) is 13.0 Å². The van der Waals surface area contributed by atoms with E-state index in [0.29, 0.717) is 28.4 Å². The Bertz CT molecular complexity index is 1030. The number of anilines is 1. The molecule has 0 aliphatic heterocycles. The van der Waals surface area contributed by atoms with Gasteiger partial charge in [-0.15, -0.1) is 0 Å². The summed E-state index contributed by atoms with van der Waals surface area (Å²) in [6.07, 6.45) is 0.214. The maximum absolute atomic E-state index is 12.3. The lowest BCUT2D eigenvalue weighted by molar-refractivity contribution is -0.120. The third kappa shape index (κ3) is 5.64. The van der Waals surface area contributed by atoms with Crippen LogP contribution in [0.5, 0.6) is 11.5 Å². The zero-order valence-corrected chi connectivity index (χ0v) is 18.1. The lowest BCUT2D eigenvalue weighted by Gasteiger charge is -2.11. The fourth-order valence-electron chi connectivity index (χ4n) is 2.80. The minimum atomic E-state index is -0.349. The quantitative estimate of drug-likeness (QED) is 0.513. The van der Waals surface area contributed by atoms with E-state index in [9.17, 15) is 9.59 Å². The van der Waals surface area contributed by atoms with E-state index in [4.69, 9.17) is 13.9 Å². The molecule has 0 saturated heterocycles. The highest BCUT2D eigenvalue weighted by molar-refractivity contribution is 9.10. The van der Waals surface area contributed by atoms with Crippen LogP contribution in [0.3, 0.4) is 0 Å². The molecule has 0 unspecified atom stereocenters. The van der Waals surface area contributed by atoms with E-state index in [0.717, 1.165) is 11.1 Å². The lowest BCUT2D eigenvalue weighted by Crippen LogP contribution is -2.24. The van der Waals surface area contributed by atoms with Gasteiger partial charge in [-0.2, -0.15) is 0 Å². The van der Waals surface area contributed by atoms with Gasteiger partial charge < -0.3 is 24.5 Å². The maximum atomic E-state index is 12.3. The minimum Gasteiger partial charge on any atom is -0.497 e. The van der Waals surface area contributed by atoms with Crippen LogP contribution in [-0.2, 0) is 17.8 Å². The summed E-state index contributed by atoms with van der Waals surface area (Å²) in [6, 6.07) is 15.7. The summed E-state index contributed by atoms with van der Waals surface area (Å²) in [4.78, 5) is 24.4. The highest BCUT2D eigenvalue weighted by atomic mass is 79.9. The van der Waals surface area contributed by atoms with Crippen molar-refractivity contribution in [1.29, 1.82) is 0 Å². The molecule has 8 heteroatoms. The molecule has 1 heterocycles. The average Bonchev–Trinajstić information content (AvgIpc) is 3.20. The number of methoxy groups -OCH3 is 2. The van der Waals surface area contributed by atoms with E-state index in [1.165, 1.54) is 0 Å². The number of rotatable bonds is 8. The van der Waals surface area contributed by atoms with Crippen LogP contribution in [0, 0.1) is 0 Å². The smallest absolute Gasteiger partial charge is 0.291 e. The molecule has 3 aromatic rings. The SMILES string of the molecule is COc1ccc(OC)c(CNC(=O)Cc2ccc(NC(=O)c3ccc(Br)o3)cc2)c1. The van der Waals surface area contributed by atoms with Crippen LogP contribution >= 0.6 is 15.9 Å². The van der Waals surface area contributed by atoms with Gasteiger partial charge in [0.05, 0.1) is 20.6 Å². The molecule has 2 amide bonds. The van der Waals surface area contributed by atoms with Crippen molar-refractivity contribution < 1.29 is 23.5 Å². The second-order valence-corrected chi connectivity index (χ2v) is 7.17. The van der Waals surface area contributed by atoms with Crippen molar-refractivity contribution in [2.24, 2.45) is 0 Å². The van der Waals surface area contributed by atoms with Gasteiger partial charge >= 0.3 is 0 Å². The number of hydrogen-bond acceptors (Lipinski definition) is 5. The summed E-state index contributed by atoms with van der Waals surface area (Å²) in [5.74, 6) is 1.10. The Labute approximate surface area is 182 Å². The molecule has 156 valence electrons. The summed E-state index contributed by atoms with van der Waals surface area (Å²) >= 11 is 3.16. The third-order valence-electron chi connectivity index (χ3n) is 4.34. The van der Waals surface area contributed by atoms with Gasteiger partial charge in [-0.25, -0.2) is 0 Å². The maximum Gasteiger partial charge on any atom is 0.291 e. The van der Waals surface area contributed by atoms with Gasteiger partial charge in [-0.05, 0) is 64.0 Å². The summed E-state index contributed by atoms with van der Waals surface area (Å²) in [5.41, 5.74) is 2.26. The van der Waals surface area contributed by atoms with Crippen molar-refractivity contribution in [2.75, 3.05) is 19.5 Å². The minimum absolute atomic E-state index is 0.128. The van der Waals surface area contributed by atoms with Crippen molar-refractivity contribution in [3.63, 3.8) is 0 Å². The van der Waals surface area contributed by atoms with Crippen LogP contribution < -0.4 is 20.1 Å². The number of benzene rings is 2. The highest BCUT2D eigenvalue weighted by Crippen LogP contribution is 2.23. The molecule has 0 atom stereocenters. The van der Waals surface area contributed by atoms with E-state index < -0.39 is 0 Å². The third-order valence-corrected chi connectivity index (χ3v) is 4.76. The molecular formula is C22H21BrN2O5. The Morgan fingerprint density at radius 2 is 1.77 bits per heavy atom. The summed E-state index contributed by atoms with van der Waals surface area (Å²) in [5, 5.41) is 5.63. The zero-order valence-electron chi connectivity index (χ0n) is 16.5. The van der Waals surface area contributed by atoms with Crippen molar-refractivity contribution in [3.05, 3.63) is 76.2 Å². The first kappa shape index (κ1) is 21.4. The Kier molecular flexibility index (Phi) is 7.13. The average molecular weight is 473 g/mol. The molecule has 0 fully saturated rings. The lowest BCUT2D eigenvalue weighted by atomic mass is 10.1. The van der Waals surface area contributed by atoms with Crippen LogP contribution in [-0.4, -0.2) is 26.0 Å². The van der Waals surface area contributed by atoms with Crippen LogP contribution in [0.4, 0.5) is 5.69 Å². The van der Waals surface area contributed by atoms with Gasteiger partial charge in [0.15, 0.2) is 10.4 Å². The molecule has 0 spiro atoms. The first-order valence-corrected chi connectivity index (χ1v) is 9.91. The van der Waals surface area contributed by atoms with Crippen LogP contribution in [0.2, 0.25) is 0 Å². The zero-order chi connectivity index (χ0) is 21.5. The number of carbonyl (C=O) groups is 2. The molecule has 2 aromatic carbocycles. The number of furan rings is 1. The van der Waals surface area contributed by atoms with E-state index in [1.54, 1.807) is 62.8 Å². The molecule has 0 radical (unpaired) electrons. The molecule has 0 aliphatic carbocycles. The van der Waals surface area contributed by atoms with Gasteiger partial charge in [0.1, 0.15) is 11.5 Å². The number of hydrogen-bond donors (Lipinski definition) is 2. The second-order valence-electron chi connectivity index (χ2n) is 6.39. The van der Waals surface area contributed by atoms with Crippen LogP contribution in [0.15, 0.2) is 63.7 Å². The first-order valence-electron chi connectivity index (χ1n) is 9.11.